The number of nitrogens with zero attached hydrogens (tertiary/aromatic N) is 3. The van der Waals surface area contributed by atoms with E-state index in [2.05, 4.69) is 10.2 Å². The quantitative estimate of drug-likeness (QED) is 0.664. The van der Waals surface area contributed by atoms with Gasteiger partial charge in [0.05, 0.1) is 5.92 Å². The minimum atomic E-state index is -3.42. The molecule has 1 N–H and O–H groups in total. The fourth-order valence-electron chi connectivity index (χ4n) is 3.26. The lowest BCUT2D eigenvalue weighted by atomic mass is 9.99. The Morgan fingerprint density at radius 1 is 1.17 bits per heavy atom. The third kappa shape index (κ3) is 5.14. The minimum absolute atomic E-state index is 0.00919. The van der Waals surface area contributed by atoms with Crippen LogP contribution in [0.25, 0.3) is 0 Å². The number of rotatable bonds is 7. The van der Waals surface area contributed by atoms with Gasteiger partial charge in [-0.3, -0.25) is 4.79 Å². The second-order valence-corrected chi connectivity index (χ2v) is 8.82. The van der Waals surface area contributed by atoms with E-state index in [9.17, 15) is 13.2 Å². The van der Waals surface area contributed by atoms with E-state index in [4.69, 9.17) is 0 Å². The topological polar surface area (TPSA) is 73.0 Å². The second kappa shape index (κ2) is 8.41. The van der Waals surface area contributed by atoms with Crippen molar-refractivity contribution in [3.63, 3.8) is 0 Å². The molecule has 2 saturated heterocycles. The summed E-state index contributed by atoms with van der Waals surface area (Å²) in [4.78, 5) is 14.7. The molecule has 0 aromatic heterocycles. The fourth-order valence-corrected chi connectivity index (χ4v) is 4.45. The molecule has 1 amide bonds. The standard InChI is InChI=1S/C15H30N4O3S/c1-17(2)23(21,22)19-12-5-7-14(13-19)15(20)16-8-6-11-18-9-3-4-10-18/h14H,3-13H2,1-2H3,(H,16,20)/t14-/m1/s1. The Bertz CT molecular complexity index is 489. The SMILES string of the molecule is CN(C)S(=O)(=O)N1CCC[C@@H](C(=O)NCCCN2CCCC2)C1. The molecule has 2 rings (SSSR count). The Balaban J connectivity index is 1.73. The van der Waals surface area contributed by atoms with Gasteiger partial charge in [0, 0.05) is 33.7 Å². The third-order valence-corrected chi connectivity index (χ3v) is 6.60. The first-order chi connectivity index (χ1) is 10.9. The molecule has 0 saturated carbocycles. The maximum absolute atomic E-state index is 12.3. The molecule has 0 aromatic rings. The summed E-state index contributed by atoms with van der Waals surface area (Å²) in [6.07, 6.45) is 5.02. The van der Waals surface area contributed by atoms with Crippen LogP contribution >= 0.6 is 0 Å². The Labute approximate surface area is 140 Å². The van der Waals surface area contributed by atoms with Gasteiger partial charge < -0.3 is 10.2 Å². The zero-order chi connectivity index (χ0) is 16.9. The average molecular weight is 346 g/mol. The number of likely N-dealkylation sites (tertiary alicyclic amines) is 1. The lowest BCUT2D eigenvalue weighted by Crippen LogP contribution is -2.49. The summed E-state index contributed by atoms with van der Waals surface area (Å²) >= 11 is 0. The molecule has 2 aliphatic rings. The van der Waals surface area contributed by atoms with Crippen molar-refractivity contribution < 1.29 is 13.2 Å². The molecule has 23 heavy (non-hydrogen) atoms. The van der Waals surface area contributed by atoms with Crippen LogP contribution in [0.5, 0.6) is 0 Å². The van der Waals surface area contributed by atoms with Crippen molar-refractivity contribution in [1.82, 2.24) is 18.8 Å². The highest BCUT2D eigenvalue weighted by Gasteiger charge is 2.33. The molecule has 7 nitrogen and oxygen atoms in total. The molecule has 2 aliphatic heterocycles. The first-order valence-corrected chi connectivity index (χ1v) is 9.98. The van der Waals surface area contributed by atoms with Crippen molar-refractivity contribution in [3.05, 3.63) is 0 Å². The first kappa shape index (κ1) is 18.6. The van der Waals surface area contributed by atoms with Gasteiger partial charge in [0.1, 0.15) is 0 Å². The Kier molecular flexibility index (Phi) is 6.82. The monoisotopic (exact) mass is 346 g/mol. The van der Waals surface area contributed by atoms with Gasteiger partial charge in [-0.1, -0.05) is 0 Å². The van der Waals surface area contributed by atoms with Gasteiger partial charge in [0.25, 0.3) is 10.2 Å². The molecular formula is C15H30N4O3S. The molecule has 2 heterocycles. The Morgan fingerprint density at radius 3 is 2.52 bits per heavy atom. The zero-order valence-corrected chi connectivity index (χ0v) is 15.1. The van der Waals surface area contributed by atoms with Gasteiger partial charge in [-0.05, 0) is 51.7 Å². The van der Waals surface area contributed by atoms with Gasteiger partial charge in [0.15, 0.2) is 0 Å². The van der Waals surface area contributed by atoms with Gasteiger partial charge >= 0.3 is 0 Å². The summed E-state index contributed by atoms with van der Waals surface area (Å²) in [7, 11) is -0.372. The van der Waals surface area contributed by atoms with Crippen molar-refractivity contribution in [1.29, 1.82) is 0 Å². The third-order valence-electron chi connectivity index (χ3n) is 4.69. The van der Waals surface area contributed by atoms with Crippen LogP contribution in [-0.2, 0) is 15.0 Å². The average Bonchev–Trinajstić information content (AvgIpc) is 3.04. The van der Waals surface area contributed by atoms with E-state index >= 15 is 0 Å². The van der Waals surface area contributed by atoms with Crippen LogP contribution in [0.1, 0.15) is 32.1 Å². The number of hydrogen-bond acceptors (Lipinski definition) is 4. The highest BCUT2D eigenvalue weighted by molar-refractivity contribution is 7.86. The number of nitrogens with one attached hydrogen (secondary N) is 1. The maximum Gasteiger partial charge on any atom is 0.281 e. The van der Waals surface area contributed by atoms with Crippen molar-refractivity contribution in [3.8, 4) is 0 Å². The predicted octanol–water partition coefficient (Wildman–Crippen LogP) is 0.107. The predicted molar refractivity (Wildman–Crippen MR) is 90.2 cm³/mol. The van der Waals surface area contributed by atoms with E-state index in [1.165, 1.54) is 48.6 Å². The Hall–Kier alpha value is -0.700. The lowest BCUT2D eigenvalue weighted by molar-refractivity contribution is -0.126. The van der Waals surface area contributed by atoms with Gasteiger partial charge in [0.2, 0.25) is 5.91 Å². The Morgan fingerprint density at radius 2 is 1.87 bits per heavy atom. The van der Waals surface area contributed by atoms with Crippen molar-refractivity contribution in [2.45, 2.75) is 32.1 Å². The number of amides is 1. The zero-order valence-electron chi connectivity index (χ0n) is 14.3. The van der Waals surface area contributed by atoms with E-state index in [0.29, 0.717) is 19.6 Å². The summed E-state index contributed by atoms with van der Waals surface area (Å²) in [6.45, 7) is 4.85. The van der Waals surface area contributed by atoms with Crippen LogP contribution in [0.15, 0.2) is 0 Å². The fraction of sp³-hybridized carbons (Fsp3) is 0.933. The molecule has 0 spiro atoms. The minimum Gasteiger partial charge on any atom is -0.356 e. The summed E-state index contributed by atoms with van der Waals surface area (Å²) in [5, 5.41) is 2.98. The van der Waals surface area contributed by atoms with Crippen LogP contribution < -0.4 is 5.32 Å². The molecule has 8 heteroatoms. The van der Waals surface area contributed by atoms with E-state index in [0.717, 1.165) is 25.8 Å². The van der Waals surface area contributed by atoms with E-state index < -0.39 is 10.2 Å². The second-order valence-electron chi connectivity index (χ2n) is 6.68. The molecule has 134 valence electrons. The molecule has 0 aliphatic carbocycles. The number of hydrogen-bond donors (Lipinski definition) is 1. The van der Waals surface area contributed by atoms with E-state index in [1.807, 2.05) is 0 Å². The molecule has 0 aromatic carbocycles. The summed E-state index contributed by atoms with van der Waals surface area (Å²) in [6, 6.07) is 0. The van der Waals surface area contributed by atoms with Crippen LogP contribution in [0.3, 0.4) is 0 Å². The maximum atomic E-state index is 12.3. The highest BCUT2D eigenvalue weighted by Crippen LogP contribution is 2.20. The largest absolute Gasteiger partial charge is 0.356 e. The normalized spacial score (nSPS) is 24.2. The van der Waals surface area contributed by atoms with Gasteiger partial charge in [-0.25, -0.2) is 0 Å². The van der Waals surface area contributed by atoms with Crippen molar-refractivity contribution >= 4 is 16.1 Å². The molecule has 0 bridgehead atoms. The molecule has 1 atom stereocenters. The number of carbonyl (C=O) groups excluding carboxylic acids is 1. The van der Waals surface area contributed by atoms with Crippen LogP contribution in [-0.4, -0.2) is 81.2 Å². The van der Waals surface area contributed by atoms with Gasteiger partial charge in [-0.15, -0.1) is 0 Å². The highest BCUT2D eigenvalue weighted by atomic mass is 32.2. The van der Waals surface area contributed by atoms with Crippen LogP contribution in [0.4, 0.5) is 0 Å². The molecular weight excluding hydrogens is 316 g/mol. The first-order valence-electron chi connectivity index (χ1n) is 8.59. The van der Waals surface area contributed by atoms with Gasteiger partial charge in [-0.2, -0.15) is 17.0 Å². The number of carbonyl (C=O) groups is 1. The smallest absolute Gasteiger partial charge is 0.281 e. The molecule has 0 unspecified atom stereocenters. The molecule has 0 radical (unpaired) electrons. The van der Waals surface area contributed by atoms with E-state index in [-0.39, 0.29) is 11.8 Å². The molecule has 2 fully saturated rings. The lowest BCUT2D eigenvalue weighted by Gasteiger charge is -2.32. The summed E-state index contributed by atoms with van der Waals surface area (Å²) in [5.41, 5.74) is 0. The van der Waals surface area contributed by atoms with Crippen LogP contribution in [0.2, 0.25) is 0 Å². The summed E-state index contributed by atoms with van der Waals surface area (Å²) in [5.74, 6) is -0.240. The van der Waals surface area contributed by atoms with Crippen molar-refractivity contribution in [2.24, 2.45) is 5.92 Å². The number of piperidine rings is 1. The summed E-state index contributed by atoms with van der Waals surface area (Å²) < 4.78 is 27.0. The van der Waals surface area contributed by atoms with Crippen molar-refractivity contribution in [2.75, 3.05) is 53.4 Å². The van der Waals surface area contributed by atoms with E-state index in [1.54, 1.807) is 0 Å². The van der Waals surface area contributed by atoms with Crippen LogP contribution in [0, 0.1) is 5.92 Å².